The van der Waals surface area contributed by atoms with E-state index in [2.05, 4.69) is 4.74 Å². The first-order chi connectivity index (χ1) is 11.1. The zero-order valence-electron chi connectivity index (χ0n) is 12.1. The third-order valence-corrected chi connectivity index (χ3v) is 3.45. The number of ether oxygens (including phenoxy) is 1. The predicted octanol–water partition coefficient (Wildman–Crippen LogP) is 2.50. The third kappa shape index (κ3) is 2.59. The van der Waals surface area contributed by atoms with Crippen LogP contribution in [0.3, 0.4) is 0 Å². The summed E-state index contributed by atoms with van der Waals surface area (Å²) < 4.78 is 113. The van der Waals surface area contributed by atoms with Crippen molar-refractivity contribution in [2.45, 2.75) is 6.92 Å². The molecular weight excluding hydrogens is 347 g/mol. The van der Waals surface area contributed by atoms with Crippen LogP contribution < -0.4 is 15.7 Å². The number of hydrogen-bond acceptors (Lipinski definition) is 1. The first kappa shape index (κ1) is 18.1. The molecule has 0 aliphatic carbocycles. The quantitative estimate of drug-likeness (QED) is 0.356. The topological polar surface area (TPSA) is 9.23 Å². The van der Waals surface area contributed by atoms with Gasteiger partial charge in [-0.2, -0.15) is 4.39 Å². The van der Waals surface area contributed by atoms with Crippen LogP contribution in [0.2, 0.25) is 0 Å². The summed E-state index contributed by atoms with van der Waals surface area (Å²) in [6.45, 7) is 0.752. The Kier molecular flexibility index (Phi) is 4.77. The molecule has 2 aromatic rings. The van der Waals surface area contributed by atoms with Crippen molar-refractivity contribution >= 4 is 18.2 Å². The Morgan fingerprint density at radius 3 is 1.46 bits per heavy atom. The van der Waals surface area contributed by atoms with Crippen molar-refractivity contribution in [1.82, 2.24) is 0 Å². The Labute approximate surface area is 131 Å². The third-order valence-electron chi connectivity index (χ3n) is 3.45. The predicted molar refractivity (Wildman–Crippen MR) is 70.3 cm³/mol. The Morgan fingerprint density at radius 2 is 1.00 bits per heavy atom. The Morgan fingerprint density at radius 1 is 0.583 bits per heavy atom. The molecule has 24 heavy (non-hydrogen) atoms. The monoisotopic (exact) mass is 354 g/mol. The molecule has 2 aromatic carbocycles. The van der Waals surface area contributed by atoms with Crippen LogP contribution in [-0.2, 0) is 0 Å². The van der Waals surface area contributed by atoms with Crippen LogP contribution in [0.1, 0.15) is 5.56 Å². The van der Waals surface area contributed by atoms with Crippen LogP contribution in [0.15, 0.2) is 0 Å². The molecule has 1 nitrogen and oxygen atoms in total. The maximum atomic E-state index is 14.0. The molecule has 0 radical (unpaired) electrons. The average Bonchev–Trinajstić information content (AvgIpc) is 2.56. The number of rotatable bonds is 3. The fraction of sp³-hybridized carbons (Fsp3) is 0.143. The molecule has 0 aromatic heterocycles. The summed E-state index contributed by atoms with van der Waals surface area (Å²) in [7, 11) is -0.661. The van der Waals surface area contributed by atoms with Gasteiger partial charge in [0.1, 0.15) is 0 Å². The van der Waals surface area contributed by atoms with E-state index in [0.29, 0.717) is 0 Å². The van der Waals surface area contributed by atoms with E-state index in [4.69, 9.17) is 0 Å². The maximum absolute atomic E-state index is 14.0. The lowest BCUT2D eigenvalue weighted by Gasteiger charge is -2.13. The average molecular weight is 354 g/mol. The molecule has 0 aliphatic heterocycles. The van der Waals surface area contributed by atoms with Gasteiger partial charge in [-0.15, -0.1) is 0 Å². The highest BCUT2D eigenvalue weighted by Crippen LogP contribution is 2.24. The van der Waals surface area contributed by atoms with Gasteiger partial charge in [0.2, 0.25) is 13.1 Å². The van der Waals surface area contributed by atoms with Crippen molar-refractivity contribution < 1.29 is 39.9 Å². The second kappa shape index (κ2) is 6.33. The zero-order valence-corrected chi connectivity index (χ0v) is 12.1. The maximum Gasteiger partial charge on any atom is 0.208 e. The lowest BCUT2D eigenvalue weighted by atomic mass is 9.62. The van der Waals surface area contributed by atoms with Crippen LogP contribution in [-0.4, -0.2) is 14.4 Å². The summed E-state index contributed by atoms with van der Waals surface area (Å²) in [5.41, 5.74) is -3.69. The number of methoxy groups -OCH3 is 1. The highest BCUT2D eigenvalue weighted by atomic mass is 19.2. The molecule has 10 heteroatoms. The van der Waals surface area contributed by atoms with E-state index in [9.17, 15) is 35.1 Å². The van der Waals surface area contributed by atoms with Gasteiger partial charge in [0.25, 0.3) is 0 Å². The summed E-state index contributed by atoms with van der Waals surface area (Å²) in [6, 6.07) is 0. The van der Waals surface area contributed by atoms with E-state index < -0.39 is 76.1 Å². The molecule has 0 saturated carbocycles. The Balaban J connectivity index is 2.73. The number of benzene rings is 2. The molecule has 0 unspecified atom stereocenters. The van der Waals surface area contributed by atoms with Crippen molar-refractivity contribution in [3.63, 3.8) is 0 Å². The van der Waals surface area contributed by atoms with Crippen molar-refractivity contribution in [3.05, 3.63) is 52.1 Å². The van der Waals surface area contributed by atoms with Crippen LogP contribution in [0, 0.1) is 53.5 Å². The van der Waals surface area contributed by atoms with E-state index >= 15 is 0 Å². The van der Waals surface area contributed by atoms with Gasteiger partial charge in [0, 0.05) is 5.56 Å². The lowest BCUT2D eigenvalue weighted by molar-refractivity contribution is 0.338. The fourth-order valence-corrected chi connectivity index (χ4v) is 2.11. The van der Waals surface area contributed by atoms with Gasteiger partial charge in [-0.1, -0.05) is 0 Å². The van der Waals surface area contributed by atoms with Gasteiger partial charge in [0.15, 0.2) is 46.5 Å². The van der Waals surface area contributed by atoms with Gasteiger partial charge < -0.3 is 4.74 Å². The van der Waals surface area contributed by atoms with Crippen molar-refractivity contribution in [3.8, 4) is 5.75 Å². The second-order valence-electron chi connectivity index (χ2n) is 4.80. The number of halogens is 8. The van der Waals surface area contributed by atoms with E-state index in [1.807, 2.05) is 0 Å². The van der Waals surface area contributed by atoms with Gasteiger partial charge >= 0.3 is 0 Å². The molecular formula is C14H7BF8O. The minimum absolute atomic E-state index is 0.745. The molecule has 0 saturated heterocycles. The zero-order chi connectivity index (χ0) is 18.3. The van der Waals surface area contributed by atoms with Crippen molar-refractivity contribution in [2.24, 2.45) is 0 Å². The van der Waals surface area contributed by atoms with E-state index in [1.165, 1.54) is 0 Å². The first-order valence-corrected chi connectivity index (χ1v) is 6.33. The lowest BCUT2D eigenvalue weighted by Crippen LogP contribution is -2.39. The Bertz CT molecular complexity index is 808. The summed E-state index contributed by atoms with van der Waals surface area (Å²) >= 11 is 0. The molecule has 128 valence electrons. The molecule has 0 amide bonds. The standard InChI is InChI=1S/C14H7BF8O/c1-3-6(16)8(18)4(9(19)7(3)17)15-5-10(20)12(22)13(23)14(24-2)11(5)21/h15H,1-2H3. The molecule has 0 spiro atoms. The van der Waals surface area contributed by atoms with Crippen LogP contribution in [0.25, 0.3) is 0 Å². The van der Waals surface area contributed by atoms with Crippen LogP contribution >= 0.6 is 0 Å². The highest BCUT2D eigenvalue weighted by molar-refractivity contribution is 6.67. The molecule has 0 bridgehead atoms. The van der Waals surface area contributed by atoms with Crippen molar-refractivity contribution in [1.29, 1.82) is 0 Å². The van der Waals surface area contributed by atoms with Gasteiger partial charge in [-0.05, 0) is 17.8 Å². The summed E-state index contributed by atoms with van der Waals surface area (Å²) in [5.74, 6) is -16.7. The SMILES string of the molecule is COc1c(F)c(F)c(F)c(Bc2c(F)c(F)c(C)c(F)c2F)c1F. The summed E-state index contributed by atoms with van der Waals surface area (Å²) in [5, 5.41) is 0. The van der Waals surface area contributed by atoms with Crippen molar-refractivity contribution in [2.75, 3.05) is 7.11 Å². The van der Waals surface area contributed by atoms with Crippen LogP contribution in [0.4, 0.5) is 35.1 Å². The molecule has 2 rings (SSSR count). The number of hydrogen-bond donors (Lipinski definition) is 0. The molecule has 0 heterocycles. The molecule has 0 N–H and O–H groups in total. The molecule has 0 atom stereocenters. The Hall–Kier alpha value is -2.26. The largest absolute Gasteiger partial charge is 0.491 e. The van der Waals surface area contributed by atoms with Gasteiger partial charge in [-0.3, -0.25) is 0 Å². The van der Waals surface area contributed by atoms with Gasteiger partial charge in [-0.25, -0.2) is 30.7 Å². The smallest absolute Gasteiger partial charge is 0.208 e. The minimum Gasteiger partial charge on any atom is -0.491 e. The first-order valence-electron chi connectivity index (χ1n) is 6.33. The van der Waals surface area contributed by atoms with E-state index in [0.717, 1.165) is 14.0 Å². The van der Waals surface area contributed by atoms with E-state index in [1.54, 1.807) is 0 Å². The normalized spacial score (nSPS) is 10.9. The molecule has 0 aliphatic rings. The summed E-state index contributed by atoms with van der Waals surface area (Å²) in [6.07, 6.45) is 0. The highest BCUT2D eigenvalue weighted by Gasteiger charge is 2.30. The fourth-order valence-electron chi connectivity index (χ4n) is 2.11. The molecule has 0 fully saturated rings. The van der Waals surface area contributed by atoms with E-state index in [-0.39, 0.29) is 0 Å². The van der Waals surface area contributed by atoms with Crippen LogP contribution in [0.5, 0.6) is 5.75 Å². The minimum atomic E-state index is -2.16. The van der Waals surface area contributed by atoms with Gasteiger partial charge in [0.05, 0.1) is 7.11 Å². The second-order valence-corrected chi connectivity index (χ2v) is 4.80. The summed E-state index contributed by atoms with van der Waals surface area (Å²) in [4.78, 5) is 0.